The van der Waals surface area contributed by atoms with Crippen molar-refractivity contribution >= 4 is 5.97 Å². The SMILES string of the molecule is C[C@@H]1[C@H]2C[C@H](C[C@H]1OC(=O)CCn1ccnn1)C2(C)C. The molecule has 3 aliphatic rings. The molecule has 4 rings (SSSR count). The number of carbonyl (C=O) groups excluding carboxylic acids is 1. The first-order valence-corrected chi connectivity index (χ1v) is 7.52. The highest BCUT2D eigenvalue weighted by molar-refractivity contribution is 5.69. The molecular weight excluding hydrogens is 254 g/mol. The molecule has 5 heteroatoms. The van der Waals surface area contributed by atoms with E-state index in [9.17, 15) is 4.79 Å². The number of carbonyl (C=O) groups is 1. The minimum atomic E-state index is -0.114. The summed E-state index contributed by atoms with van der Waals surface area (Å²) < 4.78 is 7.35. The Morgan fingerprint density at radius 3 is 2.85 bits per heavy atom. The molecule has 0 spiro atoms. The van der Waals surface area contributed by atoms with Gasteiger partial charge in [0.2, 0.25) is 0 Å². The summed E-state index contributed by atoms with van der Waals surface area (Å²) in [6, 6.07) is 0. The lowest BCUT2D eigenvalue weighted by Crippen LogP contribution is -2.57. The summed E-state index contributed by atoms with van der Waals surface area (Å²) in [6.45, 7) is 7.48. The maximum atomic E-state index is 12.0. The fourth-order valence-electron chi connectivity index (χ4n) is 4.04. The second kappa shape index (κ2) is 4.86. The molecule has 1 aromatic heterocycles. The quantitative estimate of drug-likeness (QED) is 0.792. The van der Waals surface area contributed by atoms with Gasteiger partial charge in [-0.2, -0.15) is 0 Å². The van der Waals surface area contributed by atoms with Crippen molar-refractivity contribution in [1.82, 2.24) is 15.0 Å². The normalized spacial score (nSPS) is 34.4. The van der Waals surface area contributed by atoms with Gasteiger partial charge in [0.25, 0.3) is 0 Å². The van der Waals surface area contributed by atoms with Crippen molar-refractivity contribution in [1.29, 1.82) is 0 Å². The summed E-state index contributed by atoms with van der Waals surface area (Å²) in [5, 5.41) is 7.57. The summed E-state index contributed by atoms with van der Waals surface area (Å²) in [6.07, 6.45) is 6.18. The predicted molar refractivity (Wildman–Crippen MR) is 73.7 cm³/mol. The maximum absolute atomic E-state index is 12.0. The van der Waals surface area contributed by atoms with E-state index < -0.39 is 0 Å². The average molecular weight is 277 g/mol. The number of hydrogen-bond donors (Lipinski definition) is 0. The molecule has 0 radical (unpaired) electrons. The lowest BCUT2D eigenvalue weighted by molar-refractivity contribution is -0.186. The summed E-state index contributed by atoms with van der Waals surface area (Å²) in [5.74, 6) is 1.79. The second-order valence-corrected chi connectivity index (χ2v) is 6.90. The van der Waals surface area contributed by atoms with Gasteiger partial charge >= 0.3 is 5.97 Å². The minimum Gasteiger partial charge on any atom is -0.462 e. The van der Waals surface area contributed by atoms with E-state index in [0.29, 0.717) is 30.2 Å². The van der Waals surface area contributed by atoms with Crippen LogP contribution in [0.25, 0.3) is 0 Å². The zero-order chi connectivity index (χ0) is 14.3. The van der Waals surface area contributed by atoms with Gasteiger partial charge in [-0.15, -0.1) is 5.10 Å². The molecule has 0 unspecified atom stereocenters. The Morgan fingerprint density at radius 2 is 2.25 bits per heavy atom. The Labute approximate surface area is 119 Å². The van der Waals surface area contributed by atoms with E-state index in [1.165, 1.54) is 6.42 Å². The van der Waals surface area contributed by atoms with Crippen molar-refractivity contribution < 1.29 is 9.53 Å². The Bertz CT molecular complexity index is 483. The van der Waals surface area contributed by atoms with Gasteiger partial charge in [-0.05, 0) is 36.0 Å². The first kappa shape index (κ1) is 13.6. The van der Waals surface area contributed by atoms with Crippen LogP contribution >= 0.6 is 0 Å². The van der Waals surface area contributed by atoms with Gasteiger partial charge in [0.05, 0.1) is 19.2 Å². The van der Waals surface area contributed by atoms with Gasteiger partial charge in [-0.1, -0.05) is 26.0 Å². The summed E-state index contributed by atoms with van der Waals surface area (Å²) >= 11 is 0. The van der Waals surface area contributed by atoms with Gasteiger partial charge in [0.15, 0.2) is 0 Å². The van der Waals surface area contributed by atoms with Gasteiger partial charge in [-0.3, -0.25) is 9.48 Å². The number of nitrogens with zero attached hydrogens (tertiary/aromatic N) is 3. The molecule has 110 valence electrons. The highest BCUT2D eigenvalue weighted by Gasteiger charge is 2.57. The number of ether oxygens (including phenoxy) is 1. The van der Waals surface area contributed by atoms with E-state index in [2.05, 4.69) is 31.1 Å². The van der Waals surface area contributed by atoms with Crippen molar-refractivity contribution in [3.05, 3.63) is 12.4 Å². The molecule has 20 heavy (non-hydrogen) atoms. The predicted octanol–water partition coefficient (Wildman–Crippen LogP) is 2.28. The van der Waals surface area contributed by atoms with Crippen LogP contribution in [0.4, 0.5) is 0 Å². The van der Waals surface area contributed by atoms with E-state index in [-0.39, 0.29) is 12.1 Å². The molecule has 0 aliphatic heterocycles. The minimum absolute atomic E-state index is 0.107. The fourth-order valence-corrected chi connectivity index (χ4v) is 4.04. The number of aromatic nitrogens is 3. The molecule has 3 saturated carbocycles. The second-order valence-electron chi connectivity index (χ2n) is 6.90. The zero-order valence-corrected chi connectivity index (χ0v) is 12.5. The molecule has 0 amide bonds. The molecule has 3 aliphatic carbocycles. The van der Waals surface area contributed by atoms with Crippen LogP contribution in [-0.4, -0.2) is 27.1 Å². The summed E-state index contributed by atoms with van der Waals surface area (Å²) in [7, 11) is 0. The van der Waals surface area contributed by atoms with Crippen molar-refractivity contribution in [2.45, 2.75) is 52.7 Å². The van der Waals surface area contributed by atoms with Gasteiger partial charge in [0.1, 0.15) is 6.10 Å². The molecule has 3 fully saturated rings. The van der Waals surface area contributed by atoms with E-state index >= 15 is 0 Å². The lowest BCUT2D eigenvalue weighted by atomic mass is 9.45. The Balaban J connectivity index is 1.50. The van der Waals surface area contributed by atoms with Crippen LogP contribution in [0.15, 0.2) is 12.4 Å². The molecular formula is C15H23N3O2. The summed E-state index contributed by atoms with van der Waals surface area (Å²) in [4.78, 5) is 12.0. The van der Waals surface area contributed by atoms with Crippen LogP contribution in [-0.2, 0) is 16.1 Å². The third-order valence-electron chi connectivity index (χ3n) is 5.58. The monoisotopic (exact) mass is 277 g/mol. The van der Waals surface area contributed by atoms with Gasteiger partial charge in [-0.25, -0.2) is 0 Å². The maximum Gasteiger partial charge on any atom is 0.307 e. The Kier molecular flexibility index (Phi) is 3.30. The van der Waals surface area contributed by atoms with E-state index in [4.69, 9.17) is 4.74 Å². The first-order valence-electron chi connectivity index (χ1n) is 7.52. The van der Waals surface area contributed by atoms with Gasteiger partial charge < -0.3 is 4.74 Å². The molecule has 0 N–H and O–H groups in total. The highest BCUT2D eigenvalue weighted by Crippen LogP contribution is 2.61. The van der Waals surface area contributed by atoms with Crippen LogP contribution < -0.4 is 0 Å². The summed E-state index contributed by atoms with van der Waals surface area (Å²) in [5.41, 5.74) is 0.434. The number of esters is 1. The topological polar surface area (TPSA) is 57.0 Å². The van der Waals surface area contributed by atoms with Crippen LogP contribution in [0.1, 0.15) is 40.0 Å². The third kappa shape index (κ3) is 2.23. The molecule has 5 nitrogen and oxygen atoms in total. The molecule has 0 aromatic carbocycles. The number of fused-ring (bicyclic) bond motifs is 2. The molecule has 1 aromatic rings. The van der Waals surface area contributed by atoms with Gasteiger partial charge in [0, 0.05) is 6.20 Å². The molecule has 0 saturated heterocycles. The number of rotatable bonds is 4. The average Bonchev–Trinajstić information content (AvgIpc) is 2.91. The van der Waals surface area contributed by atoms with Crippen LogP contribution in [0.5, 0.6) is 0 Å². The van der Waals surface area contributed by atoms with E-state index in [1.54, 1.807) is 17.1 Å². The lowest BCUT2D eigenvalue weighted by Gasteiger charge is -2.61. The number of hydrogen-bond acceptors (Lipinski definition) is 4. The fraction of sp³-hybridized carbons (Fsp3) is 0.800. The number of aryl methyl sites for hydroxylation is 1. The van der Waals surface area contributed by atoms with Crippen molar-refractivity contribution in [2.24, 2.45) is 23.2 Å². The molecule has 1 heterocycles. The molecule has 2 bridgehead atoms. The van der Waals surface area contributed by atoms with Crippen molar-refractivity contribution in [3.8, 4) is 0 Å². The smallest absolute Gasteiger partial charge is 0.307 e. The van der Waals surface area contributed by atoms with E-state index in [1.807, 2.05) is 0 Å². The standard InChI is InChI=1S/C15H23N3O2/c1-10-12-8-11(15(12,2)3)9-13(10)20-14(19)4-6-18-7-5-16-17-18/h5,7,10-13H,4,6,8-9H2,1-3H3/t10-,11-,12-,13-/m1/s1. The largest absolute Gasteiger partial charge is 0.462 e. The Hall–Kier alpha value is -1.39. The third-order valence-corrected chi connectivity index (χ3v) is 5.58. The van der Waals surface area contributed by atoms with Crippen molar-refractivity contribution in [3.63, 3.8) is 0 Å². The first-order chi connectivity index (χ1) is 9.48. The van der Waals surface area contributed by atoms with Crippen LogP contribution in [0, 0.1) is 23.2 Å². The van der Waals surface area contributed by atoms with Crippen LogP contribution in [0.2, 0.25) is 0 Å². The van der Waals surface area contributed by atoms with Crippen LogP contribution in [0.3, 0.4) is 0 Å². The van der Waals surface area contributed by atoms with E-state index in [0.717, 1.165) is 12.3 Å². The Morgan fingerprint density at radius 1 is 1.45 bits per heavy atom. The van der Waals surface area contributed by atoms with Crippen molar-refractivity contribution in [2.75, 3.05) is 0 Å². The zero-order valence-electron chi connectivity index (χ0n) is 12.5. The molecule has 4 atom stereocenters. The highest BCUT2D eigenvalue weighted by atomic mass is 16.5.